The van der Waals surface area contributed by atoms with Crippen molar-refractivity contribution in [2.75, 3.05) is 13.1 Å². The van der Waals surface area contributed by atoms with Crippen LogP contribution in [0.2, 0.25) is 0 Å². The van der Waals surface area contributed by atoms with Gasteiger partial charge in [-0.3, -0.25) is 0 Å². The van der Waals surface area contributed by atoms with Gasteiger partial charge in [0.25, 0.3) is 0 Å². The van der Waals surface area contributed by atoms with Crippen LogP contribution in [0.5, 0.6) is 0 Å². The largest absolute Gasteiger partial charge is 0.315 e. The van der Waals surface area contributed by atoms with E-state index in [-0.39, 0.29) is 5.41 Å². The highest BCUT2D eigenvalue weighted by Gasteiger charge is 2.39. The van der Waals surface area contributed by atoms with Gasteiger partial charge >= 0.3 is 0 Å². The quantitative estimate of drug-likeness (QED) is 0.895. The Kier molecular flexibility index (Phi) is 3.62. The molecule has 1 N–H and O–H groups in total. The third-order valence-electron chi connectivity index (χ3n) is 4.91. The second kappa shape index (κ2) is 5.31. The van der Waals surface area contributed by atoms with E-state index in [9.17, 15) is 0 Å². The molecule has 0 atom stereocenters. The maximum Gasteiger partial charge on any atom is 0.0243 e. The van der Waals surface area contributed by atoms with E-state index in [0.717, 1.165) is 19.5 Å². The van der Waals surface area contributed by atoms with Gasteiger partial charge in [-0.05, 0) is 56.4 Å². The van der Waals surface area contributed by atoms with Gasteiger partial charge in [-0.1, -0.05) is 47.5 Å². The molecule has 1 aliphatic heterocycles. The summed E-state index contributed by atoms with van der Waals surface area (Å²) in [7, 11) is 0. The topological polar surface area (TPSA) is 12.0 Å². The third-order valence-corrected chi connectivity index (χ3v) is 4.91. The fraction of sp³-hybridized carbons (Fsp3) is 0.400. The van der Waals surface area contributed by atoms with Gasteiger partial charge in [-0.15, -0.1) is 0 Å². The van der Waals surface area contributed by atoms with Crippen molar-refractivity contribution in [1.82, 2.24) is 5.32 Å². The molecule has 1 heterocycles. The number of aryl methyl sites for hydroxylation is 4. The van der Waals surface area contributed by atoms with Crippen molar-refractivity contribution >= 4 is 0 Å². The maximum atomic E-state index is 3.49. The second-order valence-electron chi connectivity index (χ2n) is 6.81. The molecule has 1 saturated heterocycles. The third kappa shape index (κ3) is 2.63. The molecule has 1 fully saturated rings. The Balaban J connectivity index is 1.99. The van der Waals surface area contributed by atoms with Crippen molar-refractivity contribution in [1.29, 1.82) is 0 Å². The Labute approximate surface area is 128 Å². The zero-order chi connectivity index (χ0) is 15.0. The lowest BCUT2D eigenvalue weighted by Gasteiger charge is -2.44. The summed E-state index contributed by atoms with van der Waals surface area (Å²) in [4.78, 5) is 0. The van der Waals surface area contributed by atoms with Crippen LogP contribution in [-0.2, 0) is 11.8 Å². The van der Waals surface area contributed by atoms with Gasteiger partial charge in [0.05, 0.1) is 0 Å². The summed E-state index contributed by atoms with van der Waals surface area (Å²) in [5.74, 6) is 0. The first-order chi connectivity index (χ1) is 10.00. The van der Waals surface area contributed by atoms with E-state index in [1.807, 2.05) is 0 Å². The van der Waals surface area contributed by atoms with Crippen LogP contribution in [0, 0.1) is 27.7 Å². The zero-order valence-corrected chi connectivity index (χ0v) is 13.6. The molecule has 0 aromatic heterocycles. The summed E-state index contributed by atoms with van der Waals surface area (Å²) in [6.45, 7) is 11.1. The van der Waals surface area contributed by atoms with Crippen molar-refractivity contribution in [3.05, 3.63) is 69.8 Å². The van der Waals surface area contributed by atoms with Crippen molar-refractivity contribution in [2.45, 2.75) is 39.5 Å². The Morgan fingerprint density at radius 3 is 2.10 bits per heavy atom. The van der Waals surface area contributed by atoms with Gasteiger partial charge < -0.3 is 5.32 Å². The van der Waals surface area contributed by atoms with Crippen LogP contribution in [0.15, 0.2) is 36.4 Å². The molecule has 110 valence electrons. The minimum absolute atomic E-state index is 0.275. The minimum atomic E-state index is 0.275. The number of rotatable bonds is 3. The van der Waals surface area contributed by atoms with E-state index in [2.05, 4.69) is 69.4 Å². The van der Waals surface area contributed by atoms with Crippen molar-refractivity contribution in [3.8, 4) is 0 Å². The zero-order valence-electron chi connectivity index (χ0n) is 13.6. The molecular weight excluding hydrogens is 254 g/mol. The molecule has 0 spiro atoms. The molecule has 0 unspecified atom stereocenters. The summed E-state index contributed by atoms with van der Waals surface area (Å²) in [5, 5.41) is 3.49. The minimum Gasteiger partial charge on any atom is -0.315 e. The van der Waals surface area contributed by atoms with Crippen LogP contribution in [0.4, 0.5) is 0 Å². The molecule has 21 heavy (non-hydrogen) atoms. The summed E-state index contributed by atoms with van der Waals surface area (Å²) in [5.41, 5.74) is 8.89. The van der Waals surface area contributed by atoms with Gasteiger partial charge in [0.15, 0.2) is 0 Å². The molecular formula is C20H25N. The lowest BCUT2D eigenvalue weighted by Crippen LogP contribution is -2.58. The highest BCUT2D eigenvalue weighted by Crippen LogP contribution is 2.35. The van der Waals surface area contributed by atoms with Crippen LogP contribution < -0.4 is 5.32 Å². The molecule has 1 heteroatoms. The monoisotopic (exact) mass is 279 g/mol. The molecule has 0 aliphatic carbocycles. The fourth-order valence-corrected chi connectivity index (χ4v) is 3.66. The van der Waals surface area contributed by atoms with Gasteiger partial charge in [0.1, 0.15) is 0 Å². The van der Waals surface area contributed by atoms with Gasteiger partial charge in [0.2, 0.25) is 0 Å². The maximum absolute atomic E-state index is 3.49. The molecule has 1 aliphatic rings. The molecule has 0 radical (unpaired) electrons. The molecule has 0 bridgehead atoms. The molecule has 2 aromatic carbocycles. The summed E-state index contributed by atoms with van der Waals surface area (Å²) >= 11 is 0. The van der Waals surface area contributed by atoms with Crippen LogP contribution in [0.25, 0.3) is 0 Å². The van der Waals surface area contributed by atoms with Crippen molar-refractivity contribution < 1.29 is 0 Å². The first kappa shape index (κ1) is 14.3. The van der Waals surface area contributed by atoms with E-state index in [4.69, 9.17) is 0 Å². The van der Waals surface area contributed by atoms with Crippen molar-refractivity contribution in [3.63, 3.8) is 0 Å². The Bertz CT molecular complexity index is 642. The van der Waals surface area contributed by atoms with E-state index >= 15 is 0 Å². The highest BCUT2D eigenvalue weighted by molar-refractivity contribution is 5.42. The smallest absolute Gasteiger partial charge is 0.0243 e. The highest BCUT2D eigenvalue weighted by atomic mass is 15.0. The number of benzene rings is 2. The predicted octanol–water partition coefficient (Wildman–Crippen LogP) is 4.00. The first-order valence-electron chi connectivity index (χ1n) is 7.85. The standard InChI is InChI=1S/C20H25N/c1-14-6-5-7-18(10-14)20(12-21-13-20)11-19-16(3)8-15(2)9-17(19)4/h5-10,21H,11-13H2,1-4H3. The molecule has 3 rings (SSSR count). The lowest BCUT2D eigenvalue weighted by atomic mass is 9.69. The molecule has 0 amide bonds. The summed E-state index contributed by atoms with van der Waals surface area (Å²) in [6, 6.07) is 13.7. The van der Waals surface area contributed by atoms with Crippen LogP contribution in [0.3, 0.4) is 0 Å². The first-order valence-corrected chi connectivity index (χ1v) is 7.85. The van der Waals surface area contributed by atoms with Gasteiger partial charge in [-0.25, -0.2) is 0 Å². The van der Waals surface area contributed by atoms with Crippen molar-refractivity contribution in [2.24, 2.45) is 0 Å². The van der Waals surface area contributed by atoms with E-state index in [1.165, 1.54) is 33.4 Å². The van der Waals surface area contributed by atoms with Gasteiger partial charge in [-0.2, -0.15) is 0 Å². The lowest BCUT2D eigenvalue weighted by molar-refractivity contribution is 0.274. The van der Waals surface area contributed by atoms with Crippen LogP contribution in [0.1, 0.15) is 33.4 Å². The SMILES string of the molecule is Cc1cccc(C2(Cc3c(C)cc(C)cc3C)CNC2)c1. The molecule has 2 aromatic rings. The number of hydrogen-bond acceptors (Lipinski definition) is 1. The number of hydrogen-bond donors (Lipinski definition) is 1. The van der Waals surface area contributed by atoms with Crippen LogP contribution >= 0.6 is 0 Å². The normalized spacial score (nSPS) is 16.6. The Morgan fingerprint density at radius 2 is 1.57 bits per heavy atom. The van der Waals surface area contributed by atoms with Gasteiger partial charge in [0, 0.05) is 18.5 Å². The second-order valence-corrected chi connectivity index (χ2v) is 6.81. The van der Waals surface area contributed by atoms with E-state index < -0.39 is 0 Å². The number of nitrogens with one attached hydrogen (secondary N) is 1. The molecule has 0 saturated carbocycles. The van der Waals surface area contributed by atoms with E-state index in [0.29, 0.717) is 0 Å². The average molecular weight is 279 g/mol. The van der Waals surface area contributed by atoms with E-state index in [1.54, 1.807) is 0 Å². The summed E-state index contributed by atoms with van der Waals surface area (Å²) in [6.07, 6.45) is 1.14. The van der Waals surface area contributed by atoms with Crippen LogP contribution in [-0.4, -0.2) is 13.1 Å². The summed E-state index contributed by atoms with van der Waals surface area (Å²) < 4.78 is 0. The Morgan fingerprint density at radius 1 is 0.905 bits per heavy atom. The predicted molar refractivity (Wildman–Crippen MR) is 90.1 cm³/mol. The Hall–Kier alpha value is -1.60. The fourth-order valence-electron chi connectivity index (χ4n) is 3.66. The molecule has 1 nitrogen and oxygen atoms in total. The average Bonchev–Trinajstić information content (AvgIpc) is 2.36.